The Kier molecular flexibility index (Phi) is 5.08. The standard InChI is InChI=1S/C17H19N5O4/c1-10-6-13-14(18-7-10)15(17(23)24)21-22(13)8-12-11(2)16(20-9-19-12)26-5-4-25-3/h6-7,9H,4-5,8H2,1-3H3,(H,23,24). The second-order valence-electron chi connectivity index (χ2n) is 5.78. The molecule has 0 radical (unpaired) electrons. The van der Waals surface area contributed by atoms with Gasteiger partial charge in [0.2, 0.25) is 5.88 Å². The van der Waals surface area contributed by atoms with Crippen molar-refractivity contribution < 1.29 is 19.4 Å². The van der Waals surface area contributed by atoms with E-state index in [-0.39, 0.29) is 12.2 Å². The smallest absolute Gasteiger partial charge is 0.358 e. The van der Waals surface area contributed by atoms with Crippen molar-refractivity contribution in [2.75, 3.05) is 20.3 Å². The lowest BCUT2D eigenvalue weighted by atomic mass is 10.2. The van der Waals surface area contributed by atoms with Gasteiger partial charge in [0, 0.05) is 18.9 Å². The van der Waals surface area contributed by atoms with Crippen LogP contribution in [0.4, 0.5) is 0 Å². The molecule has 0 atom stereocenters. The zero-order valence-corrected chi connectivity index (χ0v) is 14.8. The molecule has 0 spiro atoms. The lowest BCUT2D eigenvalue weighted by Crippen LogP contribution is -2.11. The van der Waals surface area contributed by atoms with E-state index in [9.17, 15) is 9.90 Å². The molecule has 9 heteroatoms. The van der Waals surface area contributed by atoms with Crippen LogP contribution in [-0.2, 0) is 11.3 Å². The molecule has 0 fully saturated rings. The minimum Gasteiger partial charge on any atom is -0.476 e. The highest BCUT2D eigenvalue weighted by atomic mass is 16.5. The number of carbonyl (C=O) groups is 1. The van der Waals surface area contributed by atoms with E-state index in [1.165, 1.54) is 6.33 Å². The molecule has 0 aliphatic carbocycles. The van der Waals surface area contributed by atoms with Gasteiger partial charge in [-0.25, -0.2) is 14.8 Å². The summed E-state index contributed by atoms with van der Waals surface area (Å²) in [5.74, 6) is -0.649. The average molecular weight is 357 g/mol. The number of aromatic nitrogens is 5. The number of aromatic carboxylic acids is 1. The van der Waals surface area contributed by atoms with E-state index in [1.54, 1.807) is 18.0 Å². The van der Waals surface area contributed by atoms with E-state index in [4.69, 9.17) is 9.47 Å². The monoisotopic (exact) mass is 357 g/mol. The van der Waals surface area contributed by atoms with Gasteiger partial charge in [-0.15, -0.1) is 0 Å². The average Bonchev–Trinajstić information content (AvgIpc) is 2.96. The van der Waals surface area contributed by atoms with Gasteiger partial charge in [-0.05, 0) is 25.5 Å². The van der Waals surface area contributed by atoms with Gasteiger partial charge in [0.05, 0.1) is 24.4 Å². The molecule has 136 valence electrons. The molecule has 3 aromatic heterocycles. The highest BCUT2D eigenvalue weighted by Crippen LogP contribution is 2.21. The van der Waals surface area contributed by atoms with Crippen LogP contribution in [-0.4, -0.2) is 56.1 Å². The Hall–Kier alpha value is -3.07. The molecule has 1 N–H and O–H groups in total. The van der Waals surface area contributed by atoms with Crippen LogP contribution >= 0.6 is 0 Å². The van der Waals surface area contributed by atoms with Crippen molar-refractivity contribution >= 4 is 17.0 Å². The summed E-state index contributed by atoms with van der Waals surface area (Å²) in [7, 11) is 1.60. The number of methoxy groups -OCH3 is 1. The molecule has 0 saturated heterocycles. The molecule has 0 amide bonds. The molecule has 3 aromatic rings. The van der Waals surface area contributed by atoms with Crippen molar-refractivity contribution in [3.8, 4) is 5.88 Å². The van der Waals surface area contributed by atoms with E-state index in [1.807, 2.05) is 19.9 Å². The van der Waals surface area contributed by atoms with Gasteiger partial charge in [-0.1, -0.05) is 0 Å². The van der Waals surface area contributed by atoms with Crippen LogP contribution in [0.5, 0.6) is 5.88 Å². The van der Waals surface area contributed by atoms with Gasteiger partial charge in [-0.3, -0.25) is 9.67 Å². The molecule has 3 heterocycles. The number of rotatable bonds is 7. The molecule has 9 nitrogen and oxygen atoms in total. The minimum atomic E-state index is -1.12. The summed E-state index contributed by atoms with van der Waals surface area (Å²) >= 11 is 0. The van der Waals surface area contributed by atoms with Crippen LogP contribution in [0.2, 0.25) is 0 Å². The SMILES string of the molecule is COCCOc1ncnc(Cn2nc(C(=O)O)c3ncc(C)cc32)c1C. The normalized spacial score (nSPS) is 11.0. The predicted octanol–water partition coefficient (Wildman–Crippen LogP) is 1.61. The van der Waals surface area contributed by atoms with Crippen molar-refractivity contribution in [3.05, 3.63) is 41.1 Å². The van der Waals surface area contributed by atoms with Gasteiger partial charge in [-0.2, -0.15) is 5.10 Å². The maximum atomic E-state index is 11.5. The Morgan fingerprint density at radius 3 is 2.77 bits per heavy atom. The maximum Gasteiger partial charge on any atom is 0.358 e. The Labute approximate surface area is 149 Å². The number of hydrogen-bond donors (Lipinski definition) is 1. The highest BCUT2D eigenvalue weighted by Gasteiger charge is 2.19. The summed E-state index contributed by atoms with van der Waals surface area (Å²) in [5.41, 5.74) is 3.29. The third-order valence-corrected chi connectivity index (χ3v) is 3.90. The third kappa shape index (κ3) is 3.47. The number of ether oxygens (including phenoxy) is 2. The second-order valence-corrected chi connectivity index (χ2v) is 5.78. The quantitative estimate of drug-likeness (QED) is 0.635. The zero-order valence-electron chi connectivity index (χ0n) is 14.8. The zero-order chi connectivity index (χ0) is 18.7. The first kappa shape index (κ1) is 17.7. The van der Waals surface area contributed by atoms with Crippen molar-refractivity contribution in [2.45, 2.75) is 20.4 Å². The summed E-state index contributed by atoms with van der Waals surface area (Å²) < 4.78 is 12.2. The lowest BCUT2D eigenvalue weighted by Gasteiger charge is -2.11. The summed E-state index contributed by atoms with van der Waals surface area (Å²) in [5, 5.41) is 13.6. The van der Waals surface area contributed by atoms with Gasteiger partial charge in [0.15, 0.2) is 5.69 Å². The largest absolute Gasteiger partial charge is 0.476 e. The van der Waals surface area contributed by atoms with Gasteiger partial charge in [0.1, 0.15) is 18.5 Å². The molecular formula is C17H19N5O4. The number of pyridine rings is 1. The van der Waals surface area contributed by atoms with Crippen molar-refractivity contribution in [1.29, 1.82) is 0 Å². The van der Waals surface area contributed by atoms with Gasteiger partial charge >= 0.3 is 5.97 Å². The van der Waals surface area contributed by atoms with Crippen LogP contribution in [0.25, 0.3) is 11.0 Å². The molecule has 0 bridgehead atoms. The fourth-order valence-corrected chi connectivity index (χ4v) is 2.56. The number of fused-ring (bicyclic) bond motifs is 1. The molecule has 0 aliphatic heterocycles. The Bertz CT molecular complexity index is 954. The van der Waals surface area contributed by atoms with Crippen molar-refractivity contribution in [1.82, 2.24) is 24.7 Å². The second kappa shape index (κ2) is 7.44. The molecule has 0 aliphatic rings. The van der Waals surface area contributed by atoms with E-state index in [0.717, 1.165) is 11.1 Å². The number of nitrogens with zero attached hydrogens (tertiary/aromatic N) is 5. The summed E-state index contributed by atoms with van der Waals surface area (Å²) in [4.78, 5) is 24.1. The third-order valence-electron chi connectivity index (χ3n) is 3.90. The van der Waals surface area contributed by atoms with E-state index in [0.29, 0.717) is 35.8 Å². The molecular weight excluding hydrogens is 338 g/mol. The van der Waals surface area contributed by atoms with E-state index < -0.39 is 5.97 Å². The summed E-state index contributed by atoms with van der Waals surface area (Å²) in [6.07, 6.45) is 3.04. The topological polar surface area (TPSA) is 112 Å². The lowest BCUT2D eigenvalue weighted by molar-refractivity contribution is 0.0691. The number of aryl methyl sites for hydroxylation is 1. The first-order chi connectivity index (χ1) is 12.5. The predicted molar refractivity (Wildman–Crippen MR) is 92.5 cm³/mol. The molecule has 0 saturated carbocycles. The van der Waals surface area contributed by atoms with Gasteiger partial charge in [0.25, 0.3) is 0 Å². The first-order valence-electron chi connectivity index (χ1n) is 8.00. The fourth-order valence-electron chi connectivity index (χ4n) is 2.56. The molecule has 0 unspecified atom stereocenters. The van der Waals surface area contributed by atoms with Crippen molar-refractivity contribution in [2.24, 2.45) is 0 Å². The molecule has 26 heavy (non-hydrogen) atoms. The Morgan fingerprint density at radius 2 is 2.04 bits per heavy atom. The van der Waals surface area contributed by atoms with Crippen LogP contribution in [0, 0.1) is 13.8 Å². The summed E-state index contributed by atoms with van der Waals surface area (Å²) in [6, 6.07) is 1.86. The molecule has 0 aromatic carbocycles. The summed E-state index contributed by atoms with van der Waals surface area (Å²) in [6.45, 7) is 4.86. The molecule has 3 rings (SSSR count). The number of hydrogen-bond acceptors (Lipinski definition) is 7. The number of carboxylic acid groups (broad SMARTS) is 1. The van der Waals surface area contributed by atoms with Crippen molar-refractivity contribution in [3.63, 3.8) is 0 Å². The van der Waals surface area contributed by atoms with E-state index >= 15 is 0 Å². The van der Waals surface area contributed by atoms with Crippen LogP contribution in [0.15, 0.2) is 18.6 Å². The first-order valence-corrected chi connectivity index (χ1v) is 8.00. The number of carboxylic acids is 1. The maximum absolute atomic E-state index is 11.5. The fraction of sp³-hybridized carbons (Fsp3) is 0.353. The van der Waals surface area contributed by atoms with Crippen LogP contribution in [0.1, 0.15) is 27.3 Å². The van der Waals surface area contributed by atoms with E-state index in [2.05, 4.69) is 20.1 Å². The van der Waals surface area contributed by atoms with Crippen LogP contribution < -0.4 is 4.74 Å². The highest BCUT2D eigenvalue weighted by molar-refractivity contribution is 5.99. The Morgan fingerprint density at radius 1 is 1.23 bits per heavy atom. The Balaban J connectivity index is 1.98. The van der Waals surface area contributed by atoms with Crippen LogP contribution in [0.3, 0.4) is 0 Å². The minimum absolute atomic E-state index is 0.0803. The van der Waals surface area contributed by atoms with Gasteiger partial charge < -0.3 is 14.6 Å².